The fourth-order valence-corrected chi connectivity index (χ4v) is 2.67. The maximum Gasteiger partial charge on any atom is 0.117 e. The van der Waals surface area contributed by atoms with Crippen molar-refractivity contribution in [1.82, 2.24) is 4.98 Å². The second-order valence-electron chi connectivity index (χ2n) is 4.77. The molecule has 86 valence electrons. The van der Waals surface area contributed by atoms with Crippen LogP contribution in [-0.2, 0) is 12.0 Å². The van der Waals surface area contributed by atoms with Crippen molar-refractivity contribution in [3.63, 3.8) is 0 Å². The fraction of sp³-hybridized carbons (Fsp3) is 0.267. The molecule has 1 atom stereocenters. The molecule has 1 aromatic heterocycles. The average Bonchev–Trinajstić information content (AvgIpc) is 2.69. The highest BCUT2D eigenvalue weighted by atomic mass is 16.3. The third-order valence-electron chi connectivity index (χ3n) is 3.57. The van der Waals surface area contributed by atoms with Crippen molar-refractivity contribution in [1.29, 1.82) is 0 Å². The Bertz CT molecular complexity index is 564. The number of nitrogens with zero attached hydrogens (tertiary/aromatic N) is 1. The molecule has 2 aromatic rings. The van der Waals surface area contributed by atoms with Gasteiger partial charge in [0.25, 0.3) is 0 Å². The Labute approximate surface area is 101 Å². The van der Waals surface area contributed by atoms with Crippen molar-refractivity contribution in [3.05, 3.63) is 65.0 Å². The van der Waals surface area contributed by atoms with Crippen molar-refractivity contribution in [2.24, 2.45) is 0 Å². The van der Waals surface area contributed by atoms with Gasteiger partial charge in [0.2, 0.25) is 0 Å². The van der Waals surface area contributed by atoms with Crippen LogP contribution in [0, 0.1) is 6.92 Å². The number of aromatic nitrogens is 1. The molecule has 1 unspecified atom stereocenters. The Kier molecular flexibility index (Phi) is 2.26. The van der Waals surface area contributed by atoms with Crippen LogP contribution < -0.4 is 0 Å². The lowest BCUT2D eigenvalue weighted by molar-refractivity contribution is 0.0825. The van der Waals surface area contributed by atoms with Crippen molar-refractivity contribution >= 4 is 0 Å². The van der Waals surface area contributed by atoms with Gasteiger partial charge in [-0.25, -0.2) is 0 Å². The quantitative estimate of drug-likeness (QED) is 0.809. The van der Waals surface area contributed by atoms with Gasteiger partial charge >= 0.3 is 0 Å². The zero-order valence-electron chi connectivity index (χ0n) is 9.85. The standard InChI is InChI=1S/C15H15NO/c1-11-8-13(10-16-9-11)15(17)7-6-12-4-2-3-5-14(12)15/h2-5,8-10,17H,6-7H2,1H3. The predicted octanol–water partition coefficient (Wildman–Crippen LogP) is 2.57. The summed E-state index contributed by atoms with van der Waals surface area (Å²) in [7, 11) is 0. The van der Waals surface area contributed by atoms with Gasteiger partial charge in [-0.05, 0) is 42.5 Å². The SMILES string of the molecule is Cc1cncc(C2(O)CCc3ccccc32)c1. The highest BCUT2D eigenvalue weighted by Gasteiger charge is 2.38. The molecule has 3 rings (SSSR count). The summed E-state index contributed by atoms with van der Waals surface area (Å²) in [5.41, 5.74) is 3.42. The zero-order chi connectivity index (χ0) is 11.9. The maximum atomic E-state index is 10.9. The van der Waals surface area contributed by atoms with E-state index < -0.39 is 5.60 Å². The summed E-state index contributed by atoms with van der Waals surface area (Å²) < 4.78 is 0. The lowest BCUT2D eigenvalue weighted by Crippen LogP contribution is -2.24. The van der Waals surface area contributed by atoms with Gasteiger partial charge < -0.3 is 5.11 Å². The molecule has 0 aliphatic heterocycles. The van der Waals surface area contributed by atoms with Crippen LogP contribution in [0.4, 0.5) is 0 Å². The fourth-order valence-electron chi connectivity index (χ4n) is 2.67. The van der Waals surface area contributed by atoms with Crippen LogP contribution in [0.2, 0.25) is 0 Å². The Morgan fingerprint density at radius 2 is 2.06 bits per heavy atom. The number of fused-ring (bicyclic) bond motifs is 1. The smallest absolute Gasteiger partial charge is 0.117 e. The van der Waals surface area contributed by atoms with Crippen molar-refractivity contribution < 1.29 is 5.11 Å². The molecule has 1 N–H and O–H groups in total. The van der Waals surface area contributed by atoms with Gasteiger partial charge in [0.15, 0.2) is 0 Å². The number of aryl methyl sites for hydroxylation is 2. The molecular formula is C15H15NO. The maximum absolute atomic E-state index is 10.9. The minimum Gasteiger partial charge on any atom is -0.380 e. The molecule has 0 spiro atoms. The summed E-state index contributed by atoms with van der Waals surface area (Å²) in [6.45, 7) is 2.00. The number of aliphatic hydroxyl groups is 1. The van der Waals surface area contributed by atoms with Crippen LogP contribution in [0.1, 0.15) is 28.7 Å². The van der Waals surface area contributed by atoms with E-state index in [0.717, 1.165) is 29.5 Å². The Morgan fingerprint density at radius 1 is 1.24 bits per heavy atom. The predicted molar refractivity (Wildman–Crippen MR) is 66.7 cm³/mol. The van der Waals surface area contributed by atoms with Crippen molar-refractivity contribution in [2.45, 2.75) is 25.4 Å². The van der Waals surface area contributed by atoms with E-state index in [9.17, 15) is 5.11 Å². The molecule has 17 heavy (non-hydrogen) atoms. The lowest BCUT2D eigenvalue weighted by atomic mass is 9.88. The summed E-state index contributed by atoms with van der Waals surface area (Å²) in [4.78, 5) is 4.19. The highest BCUT2D eigenvalue weighted by Crippen LogP contribution is 2.41. The summed E-state index contributed by atoms with van der Waals surface area (Å²) in [5, 5.41) is 10.9. The Balaban J connectivity index is 2.15. The number of rotatable bonds is 1. The second-order valence-corrected chi connectivity index (χ2v) is 4.77. The van der Waals surface area contributed by atoms with Gasteiger partial charge in [0, 0.05) is 18.0 Å². The molecule has 0 saturated carbocycles. The topological polar surface area (TPSA) is 33.1 Å². The average molecular weight is 225 g/mol. The lowest BCUT2D eigenvalue weighted by Gasteiger charge is -2.24. The van der Waals surface area contributed by atoms with E-state index in [-0.39, 0.29) is 0 Å². The van der Waals surface area contributed by atoms with Gasteiger partial charge in [-0.15, -0.1) is 0 Å². The van der Waals surface area contributed by atoms with Crippen molar-refractivity contribution in [2.75, 3.05) is 0 Å². The normalized spacial score (nSPS) is 22.5. The first-order valence-electron chi connectivity index (χ1n) is 5.93. The number of benzene rings is 1. The van der Waals surface area contributed by atoms with E-state index in [1.807, 2.05) is 37.4 Å². The van der Waals surface area contributed by atoms with E-state index in [1.54, 1.807) is 6.20 Å². The monoisotopic (exact) mass is 225 g/mol. The number of pyridine rings is 1. The van der Waals surface area contributed by atoms with Crippen molar-refractivity contribution in [3.8, 4) is 0 Å². The summed E-state index contributed by atoms with van der Waals surface area (Å²) in [6, 6.07) is 10.1. The van der Waals surface area contributed by atoms with E-state index in [2.05, 4.69) is 11.1 Å². The zero-order valence-corrected chi connectivity index (χ0v) is 9.85. The van der Waals surface area contributed by atoms with Gasteiger partial charge in [-0.3, -0.25) is 4.98 Å². The van der Waals surface area contributed by atoms with E-state index in [0.29, 0.717) is 0 Å². The highest BCUT2D eigenvalue weighted by molar-refractivity contribution is 5.44. The summed E-state index contributed by atoms with van der Waals surface area (Å²) in [6.07, 6.45) is 5.26. The molecule has 0 fully saturated rings. The molecule has 0 saturated heterocycles. The molecule has 1 aliphatic carbocycles. The molecule has 0 amide bonds. The third-order valence-corrected chi connectivity index (χ3v) is 3.57. The van der Waals surface area contributed by atoms with Crippen LogP contribution in [0.5, 0.6) is 0 Å². The molecule has 1 aliphatic rings. The Morgan fingerprint density at radius 3 is 2.88 bits per heavy atom. The van der Waals surface area contributed by atoms with Crippen LogP contribution in [-0.4, -0.2) is 10.1 Å². The molecule has 1 aromatic carbocycles. The van der Waals surface area contributed by atoms with Gasteiger partial charge in [0.05, 0.1) is 0 Å². The summed E-state index contributed by atoms with van der Waals surface area (Å²) >= 11 is 0. The van der Waals surface area contributed by atoms with Crippen LogP contribution in [0.3, 0.4) is 0 Å². The molecule has 1 heterocycles. The largest absolute Gasteiger partial charge is 0.380 e. The summed E-state index contributed by atoms with van der Waals surface area (Å²) in [5.74, 6) is 0. The minimum atomic E-state index is -0.852. The molecule has 2 nitrogen and oxygen atoms in total. The third kappa shape index (κ3) is 1.56. The molecular weight excluding hydrogens is 210 g/mol. The van der Waals surface area contributed by atoms with Gasteiger partial charge in [-0.2, -0.15) is 0 Å². The van der Waals surface area contributed by atoms with E-state index in [1.165, 1.54) is 5.56 Å². The molecule has 0 bridgehead atoms. The van der Waals surface area contributed by atoms with Crippen LogP contribution in [0.15, 0.2) is 42.7 Å². The van der Waals surface area contributed by atoms with E-state index in [4.69, 9.17) is 0 Å². The van der Waals surface area contributed by atoms with Crippen LogP contribution >= 0.6 is 0 Å². The first kappa shape index (κ1) is 10.5. The second kappa shape index (κ2) is 3.67. The van der Waals surface area contributed by atoms with Gasteiger partial charge in [0.1, 0.15) is 5.60 Å². The van der Waals surface area contributed by atoms with Gasteiger partial charge in [-0.1, -0.05) is 24.3 Å². The first-order chi connectivity index (χ1) is 8.20. The minimum absolute atomic E-state index is 0.748. The molecule has 2 heteroatoms. The number of hydrogen-bond donors (Lipinski definition) is 1. The van der Waals surface area contributed by atoms with E-state index >= 15 is 0 Å². The molecule has 0 radical (unpaired) electrons. The first-order valence-corrected chi connectivity index (χ1v) is 5.93. The Hall–Kier alpha value is -1.67. The van der Waals surface area contributed by atoms with Crippen LogP contribution in [0.25, 0.3) is 0 Å². The number of hydrogen-bond acceptors (Lipinski definition) is 2.